The van der Waals surface area contributed by atoms with Crippen molar-refractivity contribution in [2.24, 2.45) is 0 Å². The number of thioether (sulfide) groups is 1. The van der Waals surface area contributed by atoms with E-state index in [1.54, 1.807) is 30.1 Å². The SMILES string of the molecule is CSc1cnnc(-c2ccc(F)cc2)c1C. The molecule has 1 aromatic carbocycles. The van der Waals surface area contributed by atoms with Crippen LogP contribution in [-0.2, 0) is 0 Å². The van der Waals surface area contributed by atoms with Gasteiger partial charge in [0.2, 0.25) is 0 Å². The summed E-state index contributed by atoms with van der Waals surface area (Å²) >= 11 is 1.63. The Morgan fingerprint density at radius 3 is 2.50 bits per heavy atom. The number of benzene rings is 1. The van der Waals surface area contributed by atoms with Crippen LogP contribution in [0.4, 0.5) is 4.39 Å². The summed E-state index contributed by atoms with van der Waals surface area (Å²) in [6, 6.07) is 6.30. The summed E-state index contributed by atoms with van der Waals surface area (Å²) in [6.45, 7) is 2.00. The Bertz CT molecular complexity index is 497. The molecule has 0 amide bonds. The van der Waals surface area contributed by atoms with Gasteiger partial charge in [-0.2, -0.15) is 10.2 Å². The average molecular weight is 234 g/mol. The van der Waals surface area contributed by atoms with Gasteiger partial charge in [0.25, 0.3) is 0 Å². The van der Waals surface area contributed by atoms with E-state index >= 15 is 0 Å². The maximum Gasteiger partial charge on any atom is 0.123 e. The van der Waals surface area contributed by atoms with Crippen LogP contribution in [0.2, 0.25) is 0 Å². The normalized spacial score (nSPS) is 10.4. The van der Waals surface area contributed by atoms with Crippen molar-refractivity contribution >= 4 is 11.8 Å². The highest BCUT2D eigenvalue weighted by atomic mass is 32.2. The van der Waals surface area contributed by atoms with Gasteiger partial charge in [0.1, 0.15) is 5.82 Å². The van der Waals surface area contributed by atoms with Gasteiger partial charge < -0.3 is 0 Å². The molecule has 2 nitrogen and oxygen atoms in total. The molecule has 0 atom stereocenters. The number of hydrogen-bond donors (Lipinski definition) is 0. The summed E-state index contributed by atoms with van der Waals surface area (Å²) in [4.78, 5) is 1.09. The zero-order valence-corrected chi connectivity index (χ0v) is 9.88. The third-order valence-corrected chi connectivity index (χ3v) is 3.25. The lowest BCUT2D eigenvalue weighted by Crippen LogP contribution is -1.93. The van der Waals surface area contributed by atoms with Crippen LogP contribution in [0.1, 0.15) is 5.56 Å². The summed E-state index contributed by atoms with van der Waals surface area (Å²) < 4.78 is 12.8. The molecule has 0 spiro atoms. The molecule has 0 N–H and O–H groups in total. The third-order valence-electron chi connectivity index (χ3n) is 2.40. The first kappa shape index (κ1) is 11.1. The van der Waals surface area contributed by atoms with Crippen LogP contribution in [0.25, 0.3) is 11.3 Å². The molecule has 82 valence electrons. The minimum atomic E-state index is -0.240. The second-order valence-corrected chi connectivity index (χ2v) is 4.24. The molecule has 2 aromatic rings. The Morgan fingerprint density at radius 1 is 1.19 bits per heavy atom. The van der Waals surface area contributed by atoms with E-state index in [-0.39, 0.29) is 5.82 Å². The fourth-order valence-electron chi connectivity index (χ4n) is 1.52. The van der Waals surface area contributed by atoms with E-state index in [9.17, 15) is 4.39 Å². The van der Waals surface area contributed by atoms with Gasteiger partial charge in [-0.1, -0.05) is 0 Å². The molecule has 0 bridgehead atoms. The predicted molar refractivity (Wildman–Crippen MR) is 63.9 cm³/mol. The number of hydrogen-bond acceptors (Lipinski definition) is 3. The molecular weight excluding hydrogens is 223 g/mol. The molecule has 0 aliphatic heterocycles. The van der Waals surface area contributed by atoms with Crippen molar-refractivity contribution < 1.29 is 4.39 Å². The molecule has 0 aliphatic carbocycles. The largest absolute Gasteiger partial charge is 0.207 e. The van der Waals surface area contributed by atoms with Crippen LogP contribution >= 0.6 is 11.8 Å². The van der Waals surface area contributed by atoms with Gasteiger partial charge in [0, 0.05) is 10.5 Å². The lowest BCUT2D eigenvalue weighted by Gasteiger charge is -2.07. The van der Waals surface area contributed by atoms with Gasteiger partial charge in [-0.25, -0.2) is 4.39 Å². The molecule has 0 radical (unpaired) electrons. The molecule has 1 aromatic heterocycles. The molecule has 1 heterocycles. The zero-order valence-electron chi connectivity index (χ0n) is 9.07. The second kappa shape index (κ2) is 4.61. The summed E-state index contributed by atoms with van der Waals surface area (Å²) in [5, 5.41) is 8.05. The minimum Gasteiger partial charge on any atom is -0.207 e. The predicted octanol–water partition coefficient (Wildman–Crippen LogP) is 3.31. The molecule has 0 aliphatic rings. The Kier molecular flexibility index (Phi) is 3.19. The third kappa shape index (κ3) is 2.07. The Balaban J connectivity index is 2.51. The zero-order chi connectivity index (χ0) is 11.5. The van der Waals surface area contributed by atoms with Gasteiger partial charge in [-0.05, 0) is 43.0 Å². The fourth-order valence-corrected chi connectivity index (χ4v) is 2.07. The van der Waals surface area contributed by atoms with E-state index in [1.807, 2.05) is 13.2 Å². The number of halogens is 1. The van der Waals surface area contributed by atoms with E-state index < -0.39 is 0 Å². The lowest BCUT2D eigenvalue weighted by atomic mass is 10.1. The van der Waals surface area contributed by atoms with Gasteiger partial charge >= 0.3 is 0 Å². The number of rotatable bonds is 2. The fraction of sp³-hybridized carbons (Fsp3) is 0.167. The number of aromatic nitrogens is 2. The van der Waals surface area contributed by atoms with Crippen LogP contribution in [0.5, 0.6) is 0 Å². The lowest BCUT2D eigenvalue weighted by molar-refractivity contribution is 0.628. The summed E-state index contributed by atoms with van der Waals surface area (Å²) in [7, 11) is 0. The quantitative estimate of drug-likeness (QED) is 0.745. The van der Waals surface area contributed by atoms with E-state index in [1.165, 1.54) is 12.1 Å². The monoisotopic (exact) mass is 234 g/mol. The van der Waals surface area contributed by atoms with E-state index in [0.29, 0.717) is 0 Å². The van der Waals surface area contributed by atoms with Crippen LogP contribution in [0, 0.1) is 12.7 Å². The Morgan fingerprint density at radius 2 is 1.88 bits per heavy atom. The van der Waals surface area contributed by atoms with Crippen LogP contribution in [0.15, 0.2) is 35.4 Å². The topological polar surface area (TPSA) is 25.8 Å². The van der Waals surface area contributed by atoms with Gasteiger partial charge in [-0.15, -0.1) is 11.8 Å². The maximum absolute atomic E-state index is 12.8. The molecule has 0 fully saturated rings. The summed E-state index contributed by atoms with van der Waals surface area (Å²) in [5.41, 5.74) is 2.78. The molecule has 0 saturated carbocycles. The average Bonchev–Trinajstić information content (AvgIpc) is 2.31. The molecule has 16 heavy (non-hydrogen) atoms. The highest BCUT2D eigenvalue weighted by Crippen LogP contribution is 2.27. The van der Waals surface area contributed by atoms with E-state index in [0.717, 1.165) is 21.7 Å². The first-order valence-corrected chi connectivity index (χ1v) is 6.07. The number of nitrogens with zero attached hydrogens (tertiary/aromatic N) is 2. The molecule has 2 rings (SSSR count). The van der Waals surface area contributed by atoms with Crippen LogP contribution < -0.4 is 0 Å². The molecule has 0 unspecified atom stereocenters. The molecule has 4 heteroatoms. The summed E-state index contributed by atoms with van der Waals surface area (Å²) in [5.74, 6) is -0.240. The van der Waals surface area contributed by atoms with Crippen molar-refractivity contribution in [2.45, 2.75) is 11.8 Å². The van der Waals surface area contributed by atoms with Gasteiger partial charge in [0.15, 0.2) is 0 Å². The van der Waals surface area contributed by atoms with Crippen molar-refractivity contribution in [1.82, 2.24) is 10.2 Å². The first-order chi connectivity index (χ1) is 7.72. The van der Waals surface area contributed by atoms with Crippen molar-refractivity contribution in [3.05, 3.63) is 41.8 Å². The minimum absolute atomic E-state index is 0.240. The Labute approximate surface area is 97.9 Å². The second-order valence-electron chi connectivity index (χ2n) is 3.39. The Hall–Kier alpha value is -1.42. The standard InChI is InChI=1S/C12H11FN2S/c1-8-11(16-2)7-14-15-12(8)9-3-5-10(13)6-4-9/h3-7H,1-2H3. The van der Waals surface area contributed by atoms with Crippen molar-refractivity contribution in [3.63, 3.8) is 0 Å². The van der Waals surface area contributed by atoms with Crippen LogP contribution in [-0.4, -0.2) is 16.5 Å². The van der Waals surface area contributed by atoms with Crippen molar-refractivity contribution in [3.8, 4) is 11.3 Å². The van der Waals surface area contributed by atoms with Crippen molar-refractivity contribution in [2.75, 3.05) is 6.26 Å². The smallest absolute Gasteiger partial charge is 0.123 e. The first-order valence-electron chi connectivity index (χ1n) is 4.84. The van der Waals surface area contributed by atoms with Crippen molar-refractivity contribution in [1.29, 1.82) is 0 Å². The molecular formula is C12H11FN2S. The highest BCUT2D eigenvalue weighted by molar-refractivity contribution is 7.98. The molecule has 0 saturated heterocycles. The summed E-state index contributed by atoms with van der Waals surface area (Å²) in [6.07, 6.45) is 3.74. The van der Waals surface area contributed by atoms with Crippen LogP contribution in [0.3, 0.4) is 0 Å². The van der Waals surface area contributed by atoms with E-state index in [4.69, 9.17) is 0 Å². The van der Waals surface area contributed by atoms with E-state index in [2.05, 4.69) is 10.2 Å². The maximum atomic E-state index is 12.8. The van der Waals surface area contributed by atoms with Gasteiger partial charge in [0.05, 0.1) is 11.9 Å². The highest BCUT2D eigenvalue weighted by Gasteiger charge is 2.08. The van der Waals surface area contributed by atoms with Gasteiger partial charge in [-0.3, -0.25) is 0 Å².